The van der Waals surface area contributed by atoms with Crippen LogP contribution in [0.4, 0.5) is 0 Å². The zero-order chi connectivity index (χ0) is 17.4. The molecule has 3 rings (SSSR count). The van der Waals surface area contributed by atoms with Crippen molar-refractivity contribution in [3.05, 3.63) is 46.3 Å². The molecule has 0 aromatic rings. The molecule has 2 aliphatic carbocycles. The van der Waals surface area contributed by atoms with Crippen LogP contribution in [0, 0.1) is 17.8 Å². The number of carbonyl (C=O) groups is 1. The summed E-state index contributed by atoms with van der Waals surface area (Å²) >= 11 is 0. The average Bonchev–Trinajstić information content (AvgIpc) is 2.55. The zero-order valence-corrected chi connectivity index (χ0v) is 15.6. The fourth-order valence-electron chi connectivity index (χ4n) is 4.51. The van der Waals surface area contributed by atoms with Crippen molar-refractivity contribution in [1.82, 2.24) is 0 Å². The van der Waals surface area contributed by atoms with Crippen LogP contribution in [0.5, 0.6) is 0 Å². The van der Waals surface area contributed by atoms with E-state index < -0.39 is 0 Å². The van der Waals surface area contributed by atoms with Gasteiger partial charge < -0.3 is 4.74 Å². The number of hydrogen-bond donors (Lipinski definition) is 0. The number of unbranched alkanes of at least 4 members (excludes halogenated alkanes) is 1. The first kappa shape index (κ1) is 17.3. The van der Waals surface area contributed by atoms with Gasteiger partial charge in [0.05, 0.1) is 6.61 Å². The lowest BCUT2D eigenvalue weighted by molar-refractivity contribution is -0.113. The van der Waals surface area contributed by atoms with E-state index in [2.05, 4.69) is 33.4 Å². The van der Waals surface area contributed by atoms with Crippen LogP contribution in [0.15, 0.2) is 46.3 Å². The van der Waals surface area contributed by atoms with E-state index in [0.29, 0.717) is 23.3 Å². The van der Waals surface area contributed by atoms with Gasteiger partial charge in [-0.2, -0.15) is 0 Å². The Balaban J connectivity index is 1.86. The van der Waals surface area contributed by atoms with Crippen LogP contribution in [-0.2, 0) is 9.53 Å². The highest BCUT2D eigenvalue weighted by molar-refractivity contribution is 6.13. The van der Waals surface area contributed by atoms with Crippen LogP contribution >= 0.6 is 0 Å². The minimum absolute atomic E-state index is 0.164. The SMILES string of the molecule is C=C1C(=O)C2=C3C(=C1C)OC[C@@H](CCCC=C(C)C)[C@@H]3CC[C@H]2C. The lowest BCUT2D eigenvalue weighted by atomic mass is 9.65. The predicted molar refractivity (Wildman–Crippen MR) is 98.5 cm³/mol. The molecule has 1 fully saturated rings. The molecule has 2 nitrogen and oxygen atoms in total. The lowest BCUT2D eigenvalue weighted by Gasteiger charge is -2.44. The third kappa shape index (κ3) is 2.92. The Labute approximate surface area is 146 Å². The van der Waals surface area contributed by atoms with Crippen LogP contribution in [0.25, 0.3) is 0 Å². The van der Waals surface area contributed by atoms with Crippen molar-refractivity contribution in [3.8, 4) is 0 Å². The quantitative estimate of drug-likeness (QED) is 0.386. The van der Waals surface area contributed by atoms with Crippen molar-refractivity contribution in [2.75, 3.05) is 6.61 Å². The van der Waals surface area contributed by atoms with Gasteiger partial charge in [-0.3, -0.25) is 4.79 Å². The molecule has 0 unspecified atom stereocenters. The van der Waals surface area contributed by atoms with Gasteiger partial charge >= 0.3 is 0 Å². The second kappa shape index (κ2) is 6.74. The second-order valence-electron chi connectivity index (χ2n) is 7.96. The highest BCUT2D eigenvalue weighted by Gasteiger charge is 2.44. The smallest absolute Gasteiger partial charge is 0.189 e. The highest BCUT2D eigenvalue weighted by atomic mass is 16.5. The van der Waals surface area contributed by atoms with Crippen molar-refractivity contribution in [2.24, 2.45) is 17.8 Å². The fourth-order valence-corrected chi connectivity index (χ4v) is 4.51. The maximum atomic E-state index is 12.8. The van der Waals surface area contributed by atoms with E-state index in [9.17, 15) is 4.79 Å². The lowest BCUT2D eigenvalue weighted by Crippen LogP contribution is -2.38. The minimum Gasteiger partial charge on any atom is -0.493 e. The normalized spacial score (nSPS) is 29.4. The molecule has 24 heavy (non-hydrogen) atoms. The maximum absolute atomic E-state index is 12.8. The Morgan fingerprint density at radius 3 is 2.75 bits per heavy atom. The Morgan fingerprint density at radius 1 is 1.29 bits per heavy atom. The standard InChI is InChI=1S/C22H30O2/c1-13(2)8-6-7-9-17-12-24-22-16(5)15(4)21(23)19-14(3)10-11-18(17)20(19)22/h8,14,17-18H,4,6-7,9-12H2,1-3,5H3/t14-,17-,18+/m1/s1. The van der Waals surface area contributed by atoms with Gasteiger partial charge in [-0.05, 0) is 64.7 Å². The third-order valence-corrected chi connectivity index (χ3v) is 5.96. The number of rotatable bonds is 4. The van der Waals surface area contributed by atoms with Gasteiger partial charge in [0.1, 0.15) is 5.76 Å². The van der Waals surface area contributed by atoms with Gasteiger partial charge in [-0.15, -0.1) is 0 Å². The molecule has 0 N–H and O–H groups in total. The molecule has 3 atom stereocenters. The first-order valence-corrected chi connectivity index (χ1v) is 9.37. The van der Waals surface area contributed by atoms with Gasteiger partial charge in [-0.25, -0.2) is 0 Å². The molecule has 0 saturated carbocycles. The molecule has 0 radical (unpaired) electrons. The first-order valence-electron chi connectivity index (χ1n) is 9.37. The molecule has 1 saturated heterocycles. The molecule has 130 valence electrons. The fraction of sp³-hybridized carbons (Fsp3) is 0.591. The topological polar surface area (TPSA) is 26.3 Å². The first-order chi connectivity index (χ1) is 11.4. The Bertz CT molecular complexity index is 655. The van der Waals surface area contributed by atoms with Crippen LogP contribution in [0.2, 0.25) is 0 Å². The summed E-state index contributed by atoms with van der Waals surface area (Å²) in [5, 5.41) is 0. The number of ketones is 1. The maximum Gasteiger partial charge on any atom is 0.189 e. The van der Waals surface area contributed by atoms with E-state index in [1.807, 2.05) is 6.92 Å². The number of ether oxygens (including phenoxy) is 1. The molecule has 0 aromatic carbocycles. The molecule has 0 spiro atoms. The van der Waals surface area contributed by atoms with Crippen molar-refractivity contribution in [2.45, 2.75) is 59.8 Å². The van der Waals surface area contributed by atoms with E-state index in [4.69, 9.17) is 4.74 Å². The van der Waals surface area contributed by atoms with E-state index in [-0.39, 0.29) is 5.78 Å². The molecule has 0 bridgehead atoms. The van der Waals surface area contributed by atoms with Crippen molar-refractivity contribution in [1.29, 1.82) is 0 Å². The predicted octanol–water partition coefficient (Wildman–Crippen LogP) is 5.52. The molecular weight excluding hydrogens is 296 g/mol. The molecular formula is C22H30O2. The van der Waals surface area contributed by atoms with Gasteiger partial charge in [0.2, 0.25) is 0 Å². The van der Waals surface area contributed by atoms with E-state index >= 15 is 0 Å². The summed E-state index contributed by atoms with van der Waals surface area (Å²) in [7, 11) is 0. The summed E-state index contributed by atoms with van der Waals surface area (Å²) in [6.07, 6.45) is 8.15. The molecule has 2 heteroatoms. The summed E-state index contributed by atoms with van der Waals surface area (Å²) < 4.78 is 6.18. The number of allylic oxidation sites excluding steroid dienone is 6. The van der Waals surface area contributed by atoms with Crippen LogP contribution in [0.1, 0.15) is 59.8 Å². The second-order valence-corrected chi connectivity index (χ2v) is 7.96. The molecule has 1 aliphatic heterocycles. The summed E-state index contributed by atoms with van der Waals surface area (Å²) in [5.74, 6) is 2.52. The monoisotopic (exact) mass is 326 g/mol. The summed E-state index contributed by atoms with van der Waals surface area (Å²) in [6, 6.07) is 0. The summed E-state index contributed by atoms with van der Waals surface area (Å²) in [6.45, 7) is 13.3. The van der Waals surface area contributed by atoms with Crippen molar-refractivity contribution < 1.29 is 9.53 Å². The number of hydrogen-bond acceptors (Lipinski definition) is 2. The Morgan fingerprint density at radius 2 is 2.04 bits per heavy atom. The van der Waals surface area contributed by atoms with Crippen molar-refractivity contribution in [3.63, 3.8) is 0 Å². The third-order valence-electron chi connectivity index (χ3n) is 5.96. The van der Waals surface area contributed by atoms with Crippen LogP contribution in [-0.4, -0.2) is 12.4 Å². The van der Waals surface area contributed by atoms with Gasteiger partial charge in [0.15, 0.2) is 5.78 Å². The number of carbonyl (C=O) groups excluding carboxylic acids is 1. The van der Waals surface area contributed by atoms with Crippen LogP contribution < -0.4 is 0 Å². The van der Waals surface area contributed by atoms with Gasteiger partial charge in [0.25, 0.3) is 0 Å². The molecule has 0 aromatic heterocycles. The Kier molecular flexibility index (Phi) is 4.85. The summed E-state index contributed by atoms with van der Waals surface area (Å²) in [5.41, 5.74) is 5.23. The average molecular weight is 326 g/mol. The minimum atomic E-state index is 0.164. The van der Waals surface area contributed by atoms with Crippen LogP contribution in [0.3, 0.4) is 0 Å². The summed E-state index contributed by atoms with van der Waals surface area (Å²) in [4.78, 5) is 12.8. The zero-order valence-electron chi connectivity index (χ0n) is 15.6. The van der Waals surface area contributed by atoms with Gasteiger partial charge in [-0.1, -0.05) is 25.2 Å². The van der Waals surface area contributed by atoms with Gasteiger partial charge in [0, 0.05) is 28.2 Å². The Hall–Kier alpha value is -1.57. The molecule has 0 amide bonds. The highest BCUT2D eigenvalue weighted by Crippen LogP contribution is 2.50. The van der Waals surface area contributed by atoms with E-state index in [0.717, 1.165) is 36.4 Å². The number of Topliss-reactive ketones (excluding diaryl/α,β-unsaturated/α-hetero) is 1. The van der Waals surface area contributed by atoms with Crippen molar-refractivity contribution >= 4 is 5.78 Å². The largest absolute Gasteiger partial charge is 0.493 e. The molecule has 1 heterocycles. The van der Waals surface area contributed by atoms with E-state index in [1.54, 1.807) is 0 Å². The molecule has 3 aliphatic rings. The van der Waals surface area contributed by atoms with E-state index in [1.165, 1.54) is 30.4 Å².